The molecule has 11 heteroatoms. The lowest BCUT2D eigenvalue weighted by atomic mass is 10.1. The normalized spacial score (nSPS) is 10.7. The molecule has 0 fully saturated rings. The largest absolute Gasteiger partial charge is 0.465 e. The molecule has 0 aliphatic rings. The van der Waals surface area contributed by atoms with Crippen molar-refractivity contribution in [3.63, 3.8) is 0 Å². The number of halogens is 1. The molecule has 1 amide bonds. The molecular formula is C17H16ClN5O4S. The summed E-state index contributed by atoms with van der Waals surface area (Å²) in [7, 11) is 1.27. The molecule has 0 saturated heterocycles. The van der Waals surface area contributed by atoms with Gasteiger partial charge in [0.05, 0.1) is 23.4 Å². The van der Waals surface area contributed by atoms with Crippen LogP contribution < -0.4 is 11.0 Å². The number of esters is 1. The lowest BCUT2D eigenvalue weighted by Crippen LogP contribution is -2.30. The van der Waals surface area contributed by atoms with Crippen LogP contribution in [0.3, 0.4) is 0 Å². The Morgan fingerprint density at radius 1 is 1.25 bits per heavy atom. The molecule has 0 aliphatic heterocycles. The number of nitrogens with one attached hydrogen (secondary N) is 1. The SMILES string of the molecule is COC(=O)c1c(NC(=O)Cn2nnn(-c3ccccc3Cl)c2=O)sc(C)c1C. The number of nitrogens with zero attached hydrogens (tertiary/aromatic N) is 4. The van der Waals surface area contributed by atoms with E-state index < -0.39 is 17.6 Å². The minimum atomic E-state index is -0.616. The third-order valence-electron chi connectivity index (χ3n) is 4.04. The predicted molar refractivity (Wildman–Crippen MR) is 104 cm³/mol. The summed E-state index contributed by atoms with van der Waals surface area (Å²) in [4.78, 5) is 37.8. The summed E-state index contributed by atoms with van der Waals surface area (Å²) in [6.45, 7) is 3.23. The fourth-order valence-electron chi connectivity index (χ4n) is 2.51. The molecule has 9 nitrogen and oxygen atoms in total. The number of rotatable bonds is 5. The number of aromatic nitrogens is 4. The van der Waals surface area contributed by atoms with Crippen molar-refractivity contribution in [3.05, 3.63) is 55.8 Å². The molecule has 28 heavy (non-hydrogen) atoms. The number of methoxy groups -OCH3 is 1. The number of ether oxygens (including phenoxy) is 1. The molecule has 1 aromatic carbocycles. The van der Waals surface area contributed by atoms with Gasteiger partial charge in [-0.2, -0.15) is 9.36 Å². The van der Waals surface area contributed by atoms with Crippen molar-refractivity contribution in [2.75, 3.05) is 12.4 Å². The Morgan fingerprint density at radius 2 is 1.96 bits per heavy atom. The number of anilines is 1. The van der Waals surface area contributed by atoms with Crippen molar-refractivity contribution < 1.29 is 14.3 Å². The van der Waals surface area contributed by atoms with Crippen molar-refractivity contribution in [2.24, 2.45) is 0 Å². The molecule has 0 aliphatic carbocycles. The van der Waals surface area contributed by atoms with E-state index in [1.807, 2.05) is 6.92 Å². The summed E-state index contributed by atoms with van der Waals surface area (Å²) >= 11 is 7.33. The minimum absolute atomic E-state index is 0.297. The van der Waals surface area contributed by atoms with Gasteiger partial charge in [-0.1, -0.05) is 23.7 Å². The Morgan fingerprint density at radius 3 is 2.64 bits per heavy atom. The van der Waals surface area contributed by atoms with Crippen LogP contribution in [0.15, 0.2) is 29.1 Å². The van der Waals surface area contributed by atoms with Crippen LogP contribution in [0.25, 0.3) is 5.69 Å². The summed E-state index contributed by atoms with van der Waals surface area (Å²) in [5.74, 6) is -1.07. The lowest BCUT2D eigenvalue weighted by molar-refractivity contribution is -0.117. The molecule has 0 radical (unpaired) electrons. The van der Waals surface area contributed by atoms with E-state index in [2.05, 4.69) is 15.7 Å². The maximum absolute atomic E-state index is 12.5. The molecule has 0 atom stereocenters. The molecule has 146 valence electrons. The van der Waals surface area contributed by atoms with Crippen molar-refractivity contribution in [1.29, 1.82) is 0 Å². The van der Waals surface area contributed by atoms with Crippen molar-refractivity contribution in [2.45, 2.75) is 20.4 Å². The molecule has 3 rings (SSSR count). The van der Waals surface area contributed by atoms with Gasteiger partial charge in [0.2, 0.25) is 5.91 Å². The Hall–Kier alpha value is -2.98. The first kappa shape index (κ1) is 19.8. The Labute approximate surface area is 168 Å². The van der Waals surface area contributed by atoms with Gasteiger partial charge < -0.3 is 10.1 Å². The third kappa shape index (κ3) is 3.69. The molecule has 2 aromatic heterocycles. The van der Waals surface area contributed by atoms with Crippen LogP contribution in [-0.4, -0.2) is 38.8 Å². The van der Waals surface area contributed by atoms with Crippen LogP contribution in [0.5, 0.6) is 0 Å². The number of benzene rings is 1. The maximum Gasteiger partial charge on any atom is 0.369 e. The minimum Gasteiger partial charge on any atom is -0.465 e. The van der Waals surface area contributed by atoms with E-state index in [-0.39, 0.29) is 6.54 Å². The number of hydrogen-bond donors (Lipinski definition) is 1. The molecular weight excluding hydrogens is 406 g/mol. The highest BCUT2D eigenvalue weighted by molar-refractivity contribution is 7.16. The number of aryl methyl sites for hydroxylation is 1. The zero-order chi connectivity index (χ0) is 20.4. The number of carbonyl (C=O) groups excluding carboxylic acids is 2. The second kappa shape index (κ2) is 7.95. The summed E-state index contributed by atoms with van der Waals surface area (Å²) < 4.78 is 6.69. The Kier molecular flexibility index (Phi) is 5.61. The Balaban J connectivity index is 1.82. The molecule has 1 N–H and O–H groups in total. The van der Waals surface area contributed by atoms with Crippen LogP contribution in [-0.2, 0) is 16.1 Å². The quantitative estimate of drug-likeness (QED) is 0.632. The number of tetrazole rings is 1. The number of thiophene rings is 1. The van der Waals surface area contributed by atoms with Crippen LogP contribution in [0, 0.1) is 13.8 Å². The van der Waals surface area contributed by atoms with E-state index in [0.29, 0.717) is 21.3 Å². The molecule has 0 unspecified atom stereocenters. The molecule has 0 saturated carbocycles. The number of amides is 1. The summed E-state index contributed by atoms with van der Waals surface area (Å²) in [6, 6.07) is 6.65. The monoisotopic (exact) mass is 421 g/mol. The fraction of sp³-hybridized carbons (Fsp3) is 0.235. The first-order valence-electron chi connectivity index (χ1n) is 8.09. The average molecular weight is 422 g/mol. The highest BCUT2D eigenvalue weighted by Crippen LogP contribution is 2.32. The van der Waals surface area contributed by atoms with Gasteiger partial charge in [-0.15, -0.1) is 11.3 Å². The number of para-hydroxylation sites is 1. The molecule has 3 aromatic rings. The summed E-state index contributed by atoms with van der Waals surface area (Å²) in [5.41, 5.74) is 0.771. The Bertz CT molecular complexity index is 1120. The standard InChI is InChI=1S/C17H16ClN5O4S/c1-9-10(2)28-15(14(9)16(25)27-3)19-13(24)8-22-17(26)23(21-20-22)12-7-5-4-6-11(12)18/h4-7H,8H2,1-3H3,(H,19,24). The van der Waals surface area contributed by atoms with Gasteiger partial charge >= 0.3 is 11.7 Å². The van der Waals surface area contributed by atoms with Gasteiger partial charge in [-0.25, -0.2) is 9.59 Å². The zero-order valence-corrected chi connectivity index (χ0v) is 16.8. The topological polar surface area (TPSA) is 108 Å². The highest BCUT2D eigenvalue weighted by atomic mass is 35.5. The first-order valence-corrected chi connectivity index (χ1v) is 9.28. The zero-order valence-electron chi connectivity index (χ0n) is 15.2. The predicted octanol–water partition coefficient (Wildman–Crippen LogP) is 2.19. The van der Waals surface area contributed by atoms with E-state index in [1.54, 1.807) is 31.2 Å². The van der Waals surface area contributed by atoms with E-state index in [9.17, 15) is 14.4 Å². The average Bonchev–Trinajstić information content (AvgIpc) is 3.15. The van der Waals surface area contributed by atoms with Crippen LogP contribution in [0.2, 0.25) is 5.02 Å². The smallest absolute Gasteiger partial charge is 0.369 e. The van der Waals surface area contributed by atoms with Crippen LogP contribution in [0.1, 0.15) is 20.8 Å². The van der Waals surface area contributed by atoms with Crippen LogP contribution in [0.4, 0.5) is 5.00 Å². The first-order chi connectivity index (χ1) is 13.3. The van der Waals surface area contributed by atoms with E-state index in [1.165, 1.54) is 18.4 Å². The van der Waals surface area contributed by atoms with Gasteiger partial charge in [-0.05, 0) is 42.0 Å². The van der Waals surface area contributed by atoms with E-state index >= 15 is 0 Å². The van der Waals surface area contributed by atoms with E-state index in [0.717, 1.165) is 19.8 Å². The lowest BCUT2D eigenvalue weighted by Gasteiger charge is -2.05. The maximum atomic E-state index is 12.5. The van der Waals surface area contributed by atoms with Crippen LogP contribution >= 0.6 is 22.9 Å². The summed E-state index contributed by atoms with van der Waals surface area (Å²) in [6.07, 6.45) is 0. The van der Waals surface area contributed by atoms with Crippen molar-refractivity contribution >= 4 is 39.8 Å². The van der Waals surface area contributed by atoms with Gasteiger partial charge in [0.1, 0.15) is 11.5 Å². The molecule has 2 heterocycles. The van der Waals surface area contributed by atoms with E-state index in [4.69, 9.17) is 16.3 Å². The fourth-order valence-corrected chi connectivity index (χ4v) is 3.79. The molecule has 0 spiro atoms. The number of carbonyl (C=O) groups is 2. The van der Waals surface area contributed by atoms with Gasteiger partial charge in [0.15, 0.2) is 0 Å². The van der Waals surface area contributed by atoms with Crippen molar-refractivity contribution in [3.8, 4) is 5.69 Å². The second-order valence-electron chi connectivity index (χ2n) is 5.81. The van der Waals surface area contributed by atoms with Gasteiger partial charge in [0.25, 0.3) is 0 Å². The third-order valence-corrected chi connectivity index (χ3v) is 5.48. The van der Waals surface area contributed by atoms with Gasteiger partial charge in [0, 0.05) is 4.88 Å². The highest BCUT2D eigenvalue weighted by Gasteiger charge is 2.22. The molecule has 0 bridgehead atoms. The van der Waals surface area contributed by atoms with Crippen molar-refractivity contribution in [1.82, 2.24) is 19.8 Å². The van der Waals surface area contributed by atoms with Gasteiger partial charge in [-0.3, -0.25) is 4.79 Å². The summed E-state index contributed by atoms with van der Waals surface area (Å²) in [5, 5.41) is 10.8. The number of hydrogen-bond acceptors (Lipinski definition) is 7. The second-order valence-corrected chi connectivity index (χ2v) is 7.44.